The van der Waals surface area contributed by atoms with Crippen molar-refractivity contribution in [2.24, 2.45) is 0 Å². The van der Waals surface area contributed by atoms with Crippen molar-refractivity contribution < 1.29 is 66.4 Å². The van der Waals surface area contributed by atoms with Gasteiger partial charge in [0.25, 0.3) is 0 Å². The maximum absolute atomic E-state index is 10.8. The summed E-state index contributed by atoms with van der Waals surface area (Å²) in [6.07, 6.45) is -10.8. The molecule has 24 heavy (non-hydrogen) atoms. The molecule has 0 spiro atoms. The third kappa shape index (κ3) is 7.16. The first-order valence-corrected chi connectivity index (χ1v) is 9.63. The number of rotatable bonds is 8. The van der Waals surface area contributed by atoms with E-state index in [4.69, 9.17) is 13.7 Å². The van der Waals surface area contributed by atoms with Gasteiger partial charge in [-0.3, -0.25) is 13.7 Å². The summed E-state index contributed by atoms with van der Waals surface area (Å²) in [6, 6.07) is 0. The molecule has 1 aliphatic heterocycles. The van der Waals surface area contributed by atoms with Gasteiger partial charge in [-0.1, -0.05) is 0 Å². The van der Waals surface area contributed by atoms with Gasteiger partial charge in [-0.05, 0) is 0 Å². The molecule has 1 aliphatic rings. The van der Waals surface area contributed by atoms with Gasteiger partial charge in [0.1, 0.15) is 24.4 Å². The topological polar surface area (TPSA) is 240 Å². The van der Waals surface area contributed by atoms with Crippen LogP contribution in [0.3, 0.4) is 0 Å². The van der Waals surface area contributed by atoms with E-state index in [1.807, 2.05) is 0 Å². The second-order valence-corrected chi connectivity index (χ2v) is 7.43. The summed E-state index contributed by atoms with van der Waals surface area (Å²) in [5, 5.41) is 18.8. The molecule has 1 rings (SSSR count). The minimum absolute atomic E-state index is 1.38. The molecule has 0 amide bonds. The predicted octanol–water partition coefficient (Wildman–Crippen LogP) is -3.74. The van der Waals surface area contributed by atoms with Gasteiger partial charge in [0.05, 0.1) is 6.61 Å². The SMILES string of the molecule is O=S(=O)(O)OC[C@@H](OS(=O)(=O)O)[C@H]1O[C@H](O)[C@H](O)[C@H]1OS(=O)(=O)O. The van der Waals surface area contributed by atoms with Crippen molar-refractivity contribution >= 4 is 31.2 Å². The van der Waals surface area contributed by atoms with E-state index in [1.54, 1.807) is 0 Å². The summed E-state index contributed by atoms with van der Waals surface area (Å²) in [5.41, 5.74) is 0. The van der Waals surface area contributed by atoms with Gasteiger partial charge < -0.3 is 14.9 Å². The van der Waals surface area contributed by atoms with Crippen LogP contribution in [0, 0.1) is 0 Å². The lowest BCUT2D eigenvalue weighted by Crippen LogP contribution is -2.46. The van der Waals surface area contributed by atoms with Gasteiger partial charge >= 0.3 is 31.2 Å². The predicted molar refractivity (Wildman–Crippen MR) is 67.2 cm³/mol. The first-order chi connectivity index (χ1) is 10.6. The third-order valence-electron chi connectivity index (χ3n) is 2.47. The standard InChI is InChI=1S/C6H12O15S3/c7-3-5(21-24(15,16)17)4(19-6(3)8)2(20-23(12,13)14)1-18-22(9,10)11/h2-8H,1H2,(H,9,10,11)(H,12,13,14)(H,15,16,17)/t2-,3-,4-,5-,6+/m1/s1. The molecule has 0 aromatic carbocycles. The van der Waals surface area contributed by atoms with E-state index in [0.29, 0.717) is 0 Å². The quantitative estimate of drug-likeness (QED) is 0.237. The fourth-order valence-electron chi connectivity index (χ4n) is 1.71. The van der Waals surface area contributed by atoms with Gasteiger partial charge in [0, 0.05) is 0 Å². The number of hydrogen-bond donors (Lipinski definition) is 5. The smallest absolute Gasteiger partial charge is 0.385 e. The molecular formula is C6H12O15S3. The molecule has 0 aliphatic carbocycles. The van der Waals surface area contributed by atoms with E-state index in [1.165, 1.54) is 0 Å². The van der Waals surface area contributed by atoms with Crippen LogP contribution in [0.4, 0.5) is 0 Å². The van der Waals surface area contributed by atoms with E-state index in [-0.39, 0.29) is 0 Å². The third-order valence-corrected chi connectivity index (χ3v) is 3.86. The molecule has 1 fully saturated rings. The largest absolute Gasteiger partial charge is 0.397 e. The zero-order valence-corrected chi connectivity index (χ0v) is 13.6. The molecule has 5 N–H and O–H groups in total. The second-order valence-electron chi connectivity index (χ2n) is 4.25. The lowest BCUT2D eigenvalue weighted by molar-refractivity contribution is -0.145. The van der Waals surface area contributed by atoms with Crippen molar-refractivity contribution in [3.8, 4) is 0 Å². The number of aliphatic hydroxyl groups excluding tert-OH is 2. The molecule has 5 atom stereocenters. The van der Waals surface area contributed by atoms with Crippen molar-refractivity contribution in [2.45, 2.75) is 30.7 Å². The first-order valence-electron chi connectivity index (χ1n) is 5.54. The first kappa shape index (κ1) is 21.5. The van der Waals surface area contributed by atoms with Gasteiger partial charge in [0.15, 0.2) is 6.29 Å². The van der Waals surface area contributed by atoms with Crippen molar-refractivity contribution in [3.63, 3.8) is 0 Å². The Morgan fingerprint density at radius 1 is 0.917 bits per heavy atom. The summed E-state index contributed by atoms with van der Waals surface area (Å²) in [4.78, 5) is 0. The minimum Gasteiger partial charge on any atom is -0.385 e. The Labute approximate surface area is 135 Å². The van der Waals surface area contributed by atoms with Crippen molar-refractivity contribution in [2.75, 3.05) is 6.61 Å². The highest BCUT2D eigenvalue weighted by molar-refractivity contribution is 7.81. The Hall–Kier alpha value is -0.510. The molecule has 0 saturated carbocycles. The molecule has 0 aromatic rings. The van der Waals surface area contributed by atoms with Crippen molar-refractivity contribution in [1.82, 2.24) is 0 Å². The fourth-order valence-corrected chi connectivity index (χ4v) is 3.00. The van der Waals surface area contributed by atoms with Crippen molar-refractivity contribution in [3.05, 3.63) is 0 Å². The monoisotopic (exact) mass is 420 g/mol. The Morgan fingerprint density at radius 2 is 1.46 bits per heavy atom. The molecule has 1 heterocycles. The molecule has 144 valence electrons. The maximum atomic E-state index is 10.8. The van der Waals surface area contributed by atoms with Crippen LogP contribution in [0.25, 0.3) is 0 Å². The molecular weight excluding hydrogens is 408 g/mol. The summed E-state index contributed by atoms with van der Waals surface area (Å²) in [6.45, 7) is -1.38. The lowest BCUT2D eigenvalue weighted by atomic mass is 10.1. The minimum atomic E-state index is -5.30. The van der Waals surface area contributed by atoms with Crippen LogP contribution >= 0.6 is 0 Å². The highest BCUT2D eigenvalue weighted by Crippen LogP contribution is 2.28. The van der Waals surface area contributed by atoms with Crippen molar-refractivity contribution in [1.29, 1.82) is 0 Å². The van der Waals surface area contributed by atoms with Crippen LogP contribution in [-0.2, 0) is 48.5 Å². The van der Waals surface area contributed by atoms with Gasteiger partial charge in [-0.15, -0.1) is 0 Å². The highest BCUT2D eigenvalue weighted by atomic mass is 32.3. The summed E-state index contributed by atoms with van der Waals surface area (Å²) in [7, 11) is -15.7. The van der Waals surface area contributed by atoms with E-state index in [0.717, 1.165) is 0 Å². The van der Waals surface area contributed by atoms with E-state index in [9.17, 15) is 35.5 Å². The average Bonchev–Trinajstić information content (AvgIpc) is 2.58. The van der Waals surface area contributed by atoms with Crippen LogP contribution in [0.2, 0.25) is 0 Å². The number of hydrogen-bond acceptors (Lipinski definition) is 12. The van der Waals surface area contributed by atoms with E-state index >= 15 is 0 Å². The second kappa shape index (κ2) is 7.39. The van der Waals surface area contributed by atoms with Crippen LogP contribution in [-0.4, -0.2) is 86.4 Å². The molecule has 0 unspecified atom stereocenters. The van der Waals surface area contributed by atoms with Gasteiger partial charge in [-0.25, -0.2) is 12.5 Å². The maximum Gasteiger partial charge on any atom is 0.397 e. The molecule has 18 heteroatoms. The van der Waals surface area contributed by atoms with Crippen LogP contribution in [0.1, 0.15) is 0 Å². The average molecular weight is 420 g/mol. The summed E-state index contributed by atoms with van der Waals surface area (Å²) >= 11 is 0. The Kier molecular flexibility index (Phi) is 6.63. The zero-order valence-electron chi connectivity index (χ0n) is 11.1. The van der Waals surface area contributed by atoms with Gasteiger partial charge in [0.2, 0.25) is 0 Å². The summed E-state index contributed by atoms with van der Waals surface area (Å²) < 4.78 is 106. The Balaban J connectivity index is 3.12. The Bertz CT molecular complexity index is 736. The number of ether oxygens (including phenoxy) is 1. The lowest BCUT2D eigenvalue weighted by Gasteiger charge is -2.24. The molecule has 15 nitrogen and oxygen atoms in total. The van der Waals surface area contributed by atoms with Gasteiger partial charge in [-0.2, -0.15) is 25.3 Å². The van der Waals surface area contributed by atoms with Crippen LogP contribution in [0.15, 0.2) is 0 Å². The summed E-state index contributed by atoms with van der Waals surface area (Å²) in [5.74, 6) is 0. The Morgan fingerprint density at radius 3 is 1.88 bits per heavy atom. The number of aliphatic hydroxyl groups is 2. The van der Waals surface area contributed by atoms with E-state index < -0.39 is 68.5 Å². The molecule has 1 saturated heterocycles. The normalized spacial score (nSPS) is 30.4. The zero-order chi connectivity index (χ0) is 18.9. The molecule has 0 radical (unpaired) electrons. The fraction of sp³-hybridized carbons (Fsp3) is 1.00. The van der Waals surface area contributed by atoms with Crippen LogP contribution in [0.5, 0.6) is 0 Å². The van der Waals surface area contributed by atoms with Crippen LogP contribution < -0.4 is 0 Å². The highest BCUT2D eigenvalue weighted by Gasteiger charge is 2.51. The van der Waals surface area contributed by atoms with E-state index in [2.05, 4.69) is 17.3 Å². The molecule has 0 aromatic heterocycles. The molecule has 0 bridgehead atoms.